The monoisotopic (exact) mass is 715 g/mol. The van der Waals surface area contributed by atoms with Crippen molar-refractivity contribution in [1.82, 2.24) is 0 Å². The van der Waals surface area contributed by atoms with E-state index in [1.165, 1.54) is 38.5 Å². The quantitative estimate of drug-likeness (QED) is 0.0769. The lowest BCUT2D eigenvalue weighted by molar-refractivity contribution is -0.00961. The van der Waals surface area contributed by atoms with Gasteiger partial charge in [0.1, 0.15) is 0 Å². The number of nitrogen functional groups attached to an aromatic ring is 3. The Labute approximate surface area is 310 Å². The van der Waals surface area contributed by atoms with E-state index in [0.717, 1.165) is 49.7 Å². The Morgan fingerprint density at radius 3 is 1.02 bits per heavy atom. The molecule has 0 atom stereocenters. The molecule has 4 aromatic rings. The highest BCUT2D eigenvalue weighted by atomic mass is 16.6. The first-order chi connectivity index (χ1) is 25.6. The van der Waals surface area contributed by atoms with Crippen molar-refractivity contribution >= 4 is 17.1 Å². The molecule has 12 rings (SSSR count). The lowest BCUT2D eigenvalue weighted by Gasteiger charge is -2.59. The van der Waals surface area contributed by atoms with Gasteiger partial charge in [0, 0.05) is 11.1 Å². The van der Waals surface area contributed by atoms with E-state index >= 15 is 0 Å². The minimum absolute atomic E-state index is 0.146. The second-order valence-electron chi connectivity index (χ2n) is 17.7. The number of hydrogen-bond acceptors (Lipinski definition) is 9. The Morgan fingerprint density at radius 2 is 0.717 bits per heavy atom. The average Bonchev–Trinajstić information content (AvgIpc) is 3.10. The number of phenols is 3. The number of rotatable bonds is 8. The number of benzene rings is 4. The van der Waals surface area contributed by atoms with E-state index in [2.05, 4.69) is 6.07 Å². The summed E-state index contributed by atoms with van der Waals surface area (Å²) in [5, 5.41) is 33.9. The minimum atomic E-state index is -0.195. The predicted molar refractivity (Wildman–Crippen MR) is 204 cm³/mol. The van der Waals surface area contributed by atoms with Crippen LogP contribution in [0.1, 0.15) is 88.2 Å². The van der Waals surface area contributed by atoms with Gasteiger partial charge in [0.2, 0.25) is 5.75 Å². The topological polar surface area (TPSA) is 166 Å². The van der Waals surface area contributed by atoms with Crippen molar-refractivity contribution in [3.63, 3.8) is 0 Å². The highest BCUT2D eigenvalue weighted by Crippen LogP contribution is 2.68. The van der Waals surface area contributed by atoms with E-state index < -0.39 is 0 Å². The number of ether oxygens (including phenoxy) is 3. The zero-order valence-corrected chi connectivity index (χ0v) is 30.0. The Hall–Kier alpha value is -4.92. The fourth-order valence-electron chi connectivity index (χ4n) is 12.8. The maximum absolute atomic E-state index is 11.3. The summed E-state index contributed by atoms with van der Waals surface area (Å²) in [5.74, 6) is 4.95. The second kappa shape index (κ2) is 11.8. The normalized spacial score (nSPS) is 31.8. The van der Waals surface area contributed by atoms with Gasteiger partial charge in [0.05, 0.1) is 17.1 Å². The molecule has 0 aliphatic heterocycles. The summed E-state index contributed by atoms with van der Waals surface area (Å²) in [6.45, 7) is 0. The van der Waals surface area contributed by atoms with Crippen LogP contribution in [-0.2, 0) is 10.8 Å². The molecule has 8 aliphatic carbocycles. The SMILES string of the molecule is Nc1cccc(Oc2c(C34CC5CC(CC(C5)C3)C4)cc(C34CC5CC(CC(C5)C3)C4)c(Oc3cccc(N)c3O)c2Oc2cccc(N)c2O)c1O. The van der Waals surface area contributed by atoms with Gasteiger partial charge >= 0.3 is 0 Å². The van der Waals surface area contributed by atoms with Crippen molar-refractivity contribution < 1.29 is 29.5 Å². The summed E-state index contributed by atoms with van der Waals surface area (Å²) >= 11 is 0. The first-order valence-electron chi connectivity index (χ1n) is 19.5. The molecule has 0 aromatic heterocycles. The summed E-state index contributed by atoms with van der Waals surface area (Å²) in [4.78, 5) is 0. The van der Waals surface area contributed by atoms with Crippen molar-refractivity contribution in [2.45, 2.75) is 87.9 Å². The van der Waals surface area contributed by atoms with Gasteiger partial charge in [-0.05, 0) is 166 Å². The molecule has 53 heavy (non-hydrogen) atoms. The highest BCUT2D eigenvalue weighted by molar-refractivity contribution is 5.71. The molecule has 276 valence electrons. The molecule has 9 N–H and O–H groups in total. The van der Waals surface area contributed by atoms with Gasteiger partial charge in [0.25, 0.3) is 0 Å². The fourth-order valence-corrected chi connectivity index (χ4v) is 12.8. The first kappa shape index (κ1) is 32.7. The van der Waals surface area contributed by atoms with Crippen molar-refractivity contribution in [2.75, 3.05) is 17.2 Å². The summed E-state index contributed by atoms with van der Waals surface area (Å²) in [6.07, 6.45) is 13.9. The van der Waals surface area contributed by atoms with Crippen LogP contribution in [0.3, 0.4) is 0 Å². The number of aromatic hydroxyl groups is 3. The van der Waals surface area contributed by atoms with Crippen LogP contribution >= 0.6 is 0 Å². The molecule has 4 aromatic carbocycles. The van der Waals surface area contributed by atoms with Crippen LogP contribution in [0, 0.1) is 35.5 Å². The van der Waals surface area contributed by atoms with Gasteiger partial charge in [-0.25, -0.2) is 0 Å². The smallest absolute Gasteiger partial charge is 0.213 e. The fraction of sp³-hybridized carbons (Fsp3) is 0.455. The number of hydrogen-bond donors (Lipinski definition) is 6. The van der Waals surface area contributed by atoms with Crippen LogP contribution in [-0.4, -0.2) is 15.3 Å². The summed E-state index contributed by atoms with van der Waals surface area (Å²) in [5.41, 5.74) is 21.1. The molecule has 8 bridgehead atoms. The lowest BCUT2D eigenvalue weighted by Crippen LogP contribution is -2.50. The Balaban J connectivity index is 1.29. The second-order valence-corrected chi connectivity index (χ2v) is 17.7. The molecule has 0 heterocycles. The molecule has 8 fully saturated rings. The van der Waals surface area contributed by atoms with Crippen LogP contribution in [0.25, 0.3) is 0 Å². The van der Waals surface area contributed by atoms with E-state index in [1.54, 1.807) is 54.6 Å². The van der Waals surface area contributed by atoms with Gasteiger partial charge in [-0.2, -0.15) is 0 Å². The summed E-state index contributed by atoms with van der Waals surface area (Å²) in [6, 6.07) is 17.6. The molecule has 8 aliphatic rings. The molecule has 9 heteroatoms. The Kier molecular flexibility index (Phi) is 7.28. The number of anilines is 3. The third-order valence-electron chi connectivity index (χ3n) is 14.1. The third-order valence-corrected chi connectivity index (χ3v) is 14.1. The van der Waals surface area contributed by atoms with E-state index in [1.807, 2.05) is 0 Å². The Morgan fingerprint density at radius 1 is 0.434 bits per heavy atom. The standard InChI is InChI=1S/C44H49N3O6/c45-31-4-1-7-34(37(31)48)51-40-29(43-17-23-10-24(18-43)12-25(11-23)19-43)16-30(44-20-26-13-27(21-44)15-28(14-26)22-44)41(52-35-8-2-5-32(46)38(35)49)42(40)53-36-9-3-6-33(47)39(36)50/h1-9,16,23-28,48-50H,10-15,17-22,45-47H2. The maximum Gasteiger partial charge on any atom is 0.213 e. The van der Waals surface area contributed by atoms with Gasteiger partial charge in [-0.1, -0.05) is 18.2 Å². The molecule has 0 radical (unpaired) electrons. The van der Waals surface area contributed by atoms with Crippen LogP contribution < -0.4 is 31.4 Å². The van der Waals surface area contributed by atoms with Crippen LogP contribution in [0.4, 0.5) is 17.1 Å². The Bertz CT molecular complexity index is 1940. The molecule has 9 nitrogen and oxygen atoms in total. The molecule has 0 unspecified atom stereocenters. The van der Waals surface area contributed by atoms with Crippen molar-refractivity contribution in [2.24, 2.45) is 35.5 Å². The minimum Gasteiger partial charge on any atom is -0.503 e. The summed E-state index contributed by atoms with van der Waals surface area (Å²) < 4.78 is 20.8. The average molecular weight is 716 g/mol. The number of nitrogens with two attached hydrogens (primary N) is 3. The number of para-hydroxylation sites is 3. The number of phenolic OH excluding ortho intramolecular Hbond substituents is 3. The molecular formula is C44H49N3O6. The van der Waals surface area contributed by atoms with E-state index in [-0.39, 0.29) is 68.1 Å². The molecule has 0 saturated heterocycles. The summed E-state index contributed by atoms with van der Waals surface area (Å²) in [7, 11) is 0. The van der Waals surface area contributed by atoms with E-state index in [9.17, 15) is 15.3 Å². The van der Waals surface area contributed by atoms with Gasteiger partial charge in [-0.3, -0.25) is 0 Å². The predicted octanol–water partition coefficient (Wildman–Crippen LogP) is 9.86. The van der Waals surface area contributed by atoms with Crippen molar-refractivity contribution in [1.29, 1.82) is 0 Å². The maximum atomic E-state index is 11.3. The molecule has 0 spiro atoms. The van der Waals surface area contributed by atoms with E-state index in [4.69, 9.17) is 31.4 Å². The van der Waals surface area contributed by atoms with Crippen molar-refractivity contribution in [3.8, 4) is 51.7 Å². The van der Waals surface area contributed by atoms with Crippen LogP contribution in [0.2, 0.25) is 0 Å². The van der Waals surface area contributed by atoms with Gasteiger partial charge in [-0.15, -0.1) is 0 Å². The van der Waals surface area contributed by atoms with E-state index in [0.29, 0.717) is 47.0 Å². The van der Waals surface area contributed by atoms with Gasteiger partial charge in [0.15, 0.2) is 46.0 Å². The van der Waals surface area contributed by atoms with Crippen LogP contribution in [0.15, 0.2) is 60.7 Å². The lowest BCUT2D eigenvalue weighted by atomic mass is 9.46. The first-order valence-corrected chi connectivity index (χ1v) is 19.5. The third kappa shape index (κ3) is 5.24. The zero-order chi connectivity index (χ0) is 36.2. The van der Waals surface area contributed by atoms with Gasteiger partial charge < -0.3 is 46.7 Å². The molecule has 0 amide bonds. The van der Waals surface area contributed by atoms with Crippen LogP contribution in [0.5, 0.6) is 51.7 Å². The highest BCUT2D eigenvalue weighted by Gasteiger charge is 2.56. The molecular weight excluding hydrogens is 666 g/mol. The molecule has 8 saturated carbocycles. The van der Waals surface area contributed by atoms with Crippen molar-refractivity contribution in [3.05, 3.63) is 71.8 Å². The zero-order valence-electron chi connectivity index (χ0n) is 30.0. The largest absolute Gasteiger partial charge is 0.503 e.